The number of benzene rings is 1. The first-order valence-corrected chi connectivity index (χ1v) is 6.54. The van der Waals surface area contributed by atoms with E-state index in [2.05, 4.69) is 50.2 Å². The molecule has 0 saturated carbocycles. The predicted octanol–water partition coefficient (Wildman–Crippen LogP) is 2.83. The molecule has 0 atom stereocenters. The van der Waals surface area contributed by atoms with Crippen LogP contribution in [0.15, 0.2) is 28.7 Å². The first-order valence-electron chi connectivity index (χ1n) is 5.74. The maximum Gasteiger partial charge on any atom is 0.0969 e. The zero-order chi connectivity index (χ0) is 11.8. The molecule has 3 nitrogen and oxygen atoms in total. The molecule has 3 rings (SSSR count). The number of nitrogens with zero attached hydrogens (tertiary/aromatic N) is 2. The van der Waals surface area contributed by atoms with Gasteiger partial charge in [-0.3, -0.25) is 5.10 Å². The summed E-state index contributed by atoms with van der Waals surface area (Å²) in [5.41, 5.74) is 4.90. The highest BCUT2D eigenvalue weighted by atomic mass is 79.9. The molecule has 4 heteroatoms. The summed E-state index contributed by atoms with van der Waals surface area (Å²) in [7, 11) is 2.15. The summed E-state index contributed by atoms with van der Waals surface area (Å²) in [5, 5.41) is 7.64. The fourth-order valence-corrected chi connectivity index (χ4v) is 2.70. The summed E-state index contributed by atoms with van der Waals surface area (Å²) in [5.74, 6) is 0. The van der Waals surface area contributed by atoms with Crippen LogP contribution in [0, 0.1) is 0 Å². The third-order valence-electron chi connectivity index (χ3n) is 3.22. The summed E-state index contributed by atoms with van der Waals surface area (Å²) < 4.78 is 1.09. The lowest BCUT2D eigenvalue weighted by atomic mass is 10.0. The molecule has 1 aromatic heterocycles. The Labute approximate surface area is 109 Å². The lowest BCUT2D eigenvalue weighted by molar-refractivity contribution is 0.312. The van der Waals surface area contributed by atoms with Gasteiger partial charge in [0.2, 0.25) is 0 Å². The minimum absolute atomic E-state index is 0.980. The van der Waals surface area contributed by atoms with Crippen LogP contribution in [0.1, 0.15) is 11.3 Å². The molecule has 88 valence electrons. The van der Waals surface area contributed by atoms with Crippen molar-refractivity contribution in [3.8, 4) is 11.3 Å². The Balaban J connectivity index is 2.07. The number of hydrogen-bond donors (Lipinski definition) is 1. The van der Waals surface area contributed by atoms with Gasteiger partial charge in [-0.1, -0.05) is 28.1 Å². The van der Waals surface area contributed by atoms with Crippen molar-refractivity contribution >= 4 is 15.9 Å². The van der Waals surface area contributed by atoms with Gasteiger partial charge in [0.05, 0.1) is 5.69 Å². The average Bonchev–Trinajstić information content (AvgIpc) is 2.71. The SMILES string of the molecule is CN1CCc2[nH]nc(-c3cccc(Br)c3)c2C1. The highest BCUT2D eigenvalue weighted by molar-refractivity contribution is 9.10. The van der Waals surface area contributed by atoms with Crippen LogP contribution in [0.3, 0.4) is 0 Å². The quantitative estimate of drug-likeness (QED) is 0.876. The lowest BCUT2D eigenvalue weighted by Crippen LogP contribution is -2.26. The minimum atomic E-state index is 0.980. The molecule has 0 aliphatic carbocycles. The number of H-pyrrole nitrogens is 1. The second kappa shape index (κ2) is 4.27. The van der Waals surface area contributed by atoms with Crippen LogP contribution in [-0.4, -0.2) is 28.7 Å². The van der Waals surface area contributed by atoms with Crippen LogP contribution in [0.2, 0.25) is 0 Å². The Morgan fingerprint density at radius 2 is 2.29 bits per heavy atom. The van der Waals surface area contributed by atoms with E-state index >= 15 is 0 Å². The van der Waals surface area contributed by atoms with E-state index in [1.807, 2.05) is 12.1 Å². The Kier molecular flexibility index (Phi) is 2.76. The lowest BCUT2D eigenvalue weighted by Gasteiger charge is -2.22. The van der Waals surface area contributed by atoms with Crippen LogP contribution < -0.4 is 0 Å². The van der Waals surface area contributed by atoms with Crippen LogP contribution in [-0.2, 0) is 13.0 Å². The molecule has 1 aliphatic heterocycles. The van der Waals surface area contributed by atoms with Crippen molar-refractivity contribution in [1.82, 2.24) is 15.1 Å². The number of hydrogen-bond acceptors (Lipinski definition) is 2. The Bertz CT molecular complexity index is 547. The molecule has 1 N–H and O–H groups in total. The van der Waals surface area contributed by atoms with Gasteiger partial charge >= 0.3 is 0 Å². The molecule has 0 bridgehead atoms. The van der Waals surface area contributed by atoms with Gasteiger partial charge in [-0.2, -0.15) is 5.10 Å². The first-order chi connectivity index (χ1) is 8.24. The number of nitrogens with one attached hydrogen (secondary N) is 1. The van der Waals surface area contributed by atoms with E-state index in [-0.39, 0.29) is 0 Å². The standard InChI is InChI=1S/C13H14BrN3/c1-17-6-5-12-11(8-17)13(16-15-12)9-3-2-4-10(14)7-9/h2-4,7H,5-6,8H2,1H3,(H,15,16). The van der Waals surface area contributed by atoms with Crippen molar-refractivity contribution in [1.29, 1.82) is 0 Å². The van der Waals surface area contributed by atoms with Crippen LogP contribution >= 0.6 is 15.9 Å². The van der Waals surface area contributed by atoms with E-state index in [1.165, 1.54) is 16.8 Å². The molecule has 0 spiro atoms. The van der Waals surface area contributed by atoms with Gasteiger partial charge in [0, 0.05) is 40.8 Å². The summed E-state index contributed by atoms with van der Waals surface area (Å²) in [4.78, 5) is 2.33. The predicted molar refractivity (Wildman–Crippen MR) is 71.8 cm³/mol. The van der Waals surface area contributed by atoms with E-state index in [9.17, 15) is 0 Å². The third kappa shape index (κ3) is 2.03. The van der Waals surface area contributed by atoms with Gasteiger partial charge < -0.3 is 4.90 Å². The largest absolute Gasteiger partial charge is 0.302 e. The number of halogens is 1. The van der Waals surface area contributed by atoms with Crippen molar-refractivity contribution in [2.75, 3.05) is 13.6 Å². The molecule has 0 saturated heterocycles. The van der Waals surface area contributed by atoms with Crippen LogP contribution in [0.25, 0.3) is 11.3 Å². The Morgan fingerprint density at radius 3 is 3.12 bits per heavy atom. The van der Waals surface area contributed by atoms with E-state index in [0.29, 0.717) is 0 Å². The van der Waals surface area contributed by atoms with Crippen molar-refractivity contribution in [2.45, 2.75) is 13.0 Å². The van der Waals surface area contributed by atoms with Crippen LogP contribution in [0.4, 0.5) is 0 Å². The molecular weight excluding hydrogens is 278 g/mol. The smallest absolute Gasteiger partial charge is 0.0969 e. The zero-order valence-corrected chi connectivity index (χ0v) is 11.3. The van der Waals surface area contributed by atoms with Crippen molar-refractivity contribution in [2.24, 2.45) is 0 Å². The monoisotopic (exact) mass is 291 g/mol. The van der Waals surface area contributed by atoms with Gasteiger partial charge in [0.1, 0.15) is 0 Å². The van der Waals surface area contributed by atoms with Crippen LogP contribution in [0.5, 0.6) is 0 Å². The summed E-state index contributed by atoms with van der Waals surface area (Å²) in [6.07, 6.45) is 1.06. The molecule has 0 unspecified atom stereocenters. The van der Waals surface area contributed by atoms with Gasteiger partial charge in [-0.15, -0.1) is 0 Å². The van der Waals surface area contributed by atoms with Gasteiger partial charge in [0.25, 0.3) is 0 Å². The Morgan fingerprint density at radius 1 is 1.41 bits per heavy atom. The molecule has 2 heterocycles. The van der Waals surface area contributed by atoms with E-state index in [4.69, 9.17) is 0 Å². The number of fused-ring (bicyclic) bond motifs is 1. The fraction of sp³-hybridized carbons (Fsp3) is 0.308. The Hall–Kier alpha value is -1.13. The molecular formula is C13H14BrN3. The number of rotatable bonds is 1. The average molecular weight is 292 g/mol. The van der Waals surface area contributed by atoms with Gasteiger partial charge in [0.15, 0.2) is 0 Å². The maximum absolute atomic E-state index is 4.47. The highest BCUT2D eigenvalue weighted by Crippen LogP contribution is 2.29. The summed E-state index contributed by atoms with van der Waals surface area (Å²) in [6, 6.07) is 8.31. The maximum atomic E-state index is 4.47. The normalized spacial score (nSPS) is 15.9. The van der Waals surface area contributed by atoms with Crippen molar-refractivity contribution in [3.05, 3.63) is 40.0 Å². The van der Waals surface area contributed by atoms with E-state index in [0.717, 1.165) is 29.7 Å². The molecule has 1 aliphatic rings. The topological polar surface area (TPSA) is 31.9 Å². The molecule has 2 aromatic rings. The highest BCUT2D eigenvalue weighted by Gasteiger charge is 2.20. The fourth-order valence-electron chi connectivity index (χ4n) is 2.30. The molecule has 17 heavy (non-hydrogen) atoms. The number of aromatic amines is 1. The number of likely N-dealkylation sites (N-methyl/N-ethyl adjacent to an activating group) is 1. The number of aromatic nitrogens is 2. The van der Waals surface area contributed by atoms with Crippen molar-refractivity contribution < 1.29 is 0 Å². The molecule has 1 aromatic carbocycles. The zero-order valence-electron chi connectivity index (χ0n) is 9.70. The summed E-state index contributed by atoms with van der Waals surface area (Å²) in [6.45, 7) is 2.08. The van der Waals surface area contributed by atoms with E-state index in [1.54, 1.807) is 0 Å². The van der Waals surface area contributed by atoms with E-state index < -0.39 is 0 Å². The van der Waals surface area contributed by atoms with Gasteiger partial charge in [-0.25, -0.2) is 0 Å². The molecule has 0 fully saturated rings. The molecule has 0 radical (unpaired) electrons. The summed E-state index contributed by atoms with van der Waals surface area (Å²) >= 11 is 3.51. The second-order valence-electron chi connectivity index (χ2n) is 4.53. The second-order valence-corrected chi connectivity index (χ2v) is 5.44. The van der Waals surface area contributed by atoms with Gasteiger partial charge in [-0.05, 0) is 19.2 Å². The van der Waals surface area contributed by atoms with Crippen molar-refractivity contribution in [3.63, 3.8) is 0 Å². The minimum Gasteiger partial charge on any atom is -0.302 e. The third-order valence-corrected chi connectivity index (χ3v) is 3.72. The first kappa shape index (κ1) is 11.0. The molecule has 0 amide bonds.